The van der Waals surface area contributed by atoms with E-state index in [2.05, 4.69) is 15.2 Å². The Morgan fingerprint density at radius 2 is 2.29 bits per heavy atom. The van der Waals surface area contributed by atoms with Crippen LogP contribution in [0.3, 0.4) is 0 Å². The molecule has 0 atom stereocenters. The monoisotopic (exact) mass is 241 g/mol. The maximum atomic E-state index is 11.2. The van der Waals surface area contributed by atoms with Gasteiger partial charge in [-0.05, 0) is 6.07 Å². The lowest BCUT2D eigenvalue weighted by molar-refractivity contribution is -0.143. The number of nitrogens with zero attached hydrogens (tertiary/aromatic N) is 2. The van der Waals surface area contributed by atoms with Crippen molar-refractivity contribution in [3.05, 3.63) is 18.0 Å². The van der Waals surface area contributed by atoms with Crippen molar-refractivity contribution in [1.82, 2.24) is 15.1 Å². The second-order valence-corrected chi connectivity index (χ2v) is 3.43. The Kier molecular flexibility index (Phi) is 5.15. The number of nitrogens with one attached hydrogen (secondary N) is 1. The quantitative estimate of drug-likeness (QED) is 0.650. The van der Waals surface area contributed by atoms with Crippen LogP contribution in [0.1, 0.15) is 5.69 Å². The number of carbonyl (C=O) groups excluding carboxylic acids is 1. The Labute approximate surface area is 98.4 Å². The van der Waals surface area contributed by atoms with Gasteiger partial charge in [-0.15, -0.1) is 0 Å². The molecule has 0 radical (unpaired) electrons. The summed E-state index contributed by atoms with van der Waals surface area (Å²) in [4.78, 5) is 21.3. The average Bonchev–Trinajstić information content (AvgIpc) is 2.64. The maximum absolute atomic E-state index is 11.2. The molecule has 7 heteroatoms. The van der Waals surface area contributed by atoms with Crippen LogP contribution in [-0.4, -0.2) is 46.5 Å². The zero-order valence-electron chi connectivity index (χ0n) is 9.55. The van der Waals surface area contributed by atoms with E-state index in [4.69, 9.17) is 5.11 Å². The fraction of sp³-hybridized carbons (Fsp3) is 0.500. The molecule has 0 fully saturated rings. The van der Waals surface area contributed by atoms with Crippen molar-refractivity contribution in [2.45, 2.75) is 6.42 Å². The highest BCUT2D eigenvalue weighted by Gasteiger charge is 2.04. The predicted molar refractivity (Wildman–Crippen MR) is 58.4 cm³/mol. The molecule has 0 aromatic carbocycles. The summed E-state index contributed by atoms with van der Waals surface area (Å²) in [7, 11) is 1.83. The van der Waals surface area contributed by atoms with Gasteiger partial charge in [0.1, 0.15) is 13.2 Å². The van der Waals surface area contributed by atoms with E-state index in [1.165, 1.54) is 0 Å². The fourth-order valence-electron chi connectivity index (χ4n) is 1.26. The van der Waals surface area contributed by atoms with Gasteiger partial charge >= 0.3 is 5.97 Å². The van der Waals surface area contributed by atoms with Crippen molar-refractivity contribution in [3.8, 4) is 0 Å². The molecule has 1 rings (SSSR count). The summed E-state index contributed by atoms with van der Waals surface area (Å²) < 4.78 is 6.37. The van der Waals surface area contributed by atoms with Crippen molar-refractivity contribution in [2.24, 2.45) is 7.05 Å². The highest BCUT2D eigenvalue weighted by atomic mass is 16.5. The van der Waals surface area contributed by atoms with E-state index < -0.39 is 12.6 Å². The second-order valence-electron chi connectivity index (χ2n) is 3.43. The summed E-state index contributed by atoms with van der Waals surface area (Å²) in [6.45, 7) is -0.234. The average molecular weight is 241 g/mol. The Hall–Kier alpha value is -1.89. The molecule has 2 N–H and O–H groups in total. The van der Waals surface area contributed by atoms with Gasteiger partial charge in [0.15, 0.2) is 0 Å². The first kappa shape index (κ1) is 13.2. The Balaban J connectivity index is 2.12. The topological polar surface area (TPSA) is 93.5 Å². The zero-order chi connectivity index (χ0) is 12.7. The number of ether oxygens (including phenoxy) is 1. The molecule has 1 heterocycles. The minimum Gasteiger partial charge on any atom is -0.480 e. The van der Waals surface area contributed by atoms with E-state index in [1.54, 1.807) is 10.9 Å². The molecule has 0 aliphatic heterocycles. The SMILES string of the molecule is Cn1nccc1CCNC(=O)COCC(=O)O. The third-order valence-corrected chi connectivity index (χ3v) is 2.08. The van der Waals surface area contributed by atoms with Crippen LogP contribution in [-0.2, 0) is 27.8 Å². The van der Waals surface area contributed by atoms with Gasteiger partial charge < -0.3 is 15.2 Å². The number of aliphatic carboxylic acids is 1. The molecule has 1 aromatic rings. The number of carboxylic acid groups (broad SMARTS) is 1. The first-order valence-electron chi connectivity index (χ1n) is 5.12. The summed E-state index contributed by atoms with van der Waals surface area (Å²) in [6, 6.07) is 1.87. The summed E-state index contributed by atoms with van der Waals surface area (Å²) in [5.41, 5.74) is 1.01. The van der Waals surface area contributed by atoms with Crippen LogP contribution in [0.15, 0.2) is 12.3 Å². The van der Waals surface area contributed by atoms with Crippen LogP contribution in [0.25, 0.3) is 0 Å². The van der Waals surface area contributed by atoms with Crippen molar-refractivity contribution in [3.63, 3.8) is 0 Å². The predicted octanol–water partition coefficient (Wildman–Crippen LogP) is -0.820. The molecule has 0 aliphatic rings. The maximum Gasteiger partial charge on any atom is 0.329 e. The number of aromatic nitrogens is 2. The van der Waals surface area contributed by atoms with Crippen molar-refractivity contribution >= 4 is 11.9 Å². The third kappa shape index (κ3) is 5.12. The van der Waals surface area contributed by atoms with E-state index in [0.717, 1.165) is 5.69 Å². The van der Waals surface area contributed by atoms with Gasteiger partial charge in [0.2, 0.25) is 5.91 Å². The molecule has 17 heavy (non-hydrogen) atoms. The standard InChI is InChI=1S/C10H15N3O4/c1-13-8(3-5-12-13)2-4-11-9(14)6-17-7-10(15)16/h3,5H,2,4,6-7H2,1H3,(H,11,14)(H,15,16). The molecule has 0 spiro atoms. The molecule has 0 bridgehead atoms. The van der Waals surface area contributed by atoms with E-state index in [-0.39, 0.29) is 12.5 Å². The van der Waals surface area contributed by atoms with Gasteiger partial charge in [0.25, 0.3) is 0 Å². The zero-order valence-corrected chi connectivity index (χ0v) is 9.55. The number of carbonyl (C=O) groups is 2. The number of hydrogen-bond acceptors (Lipinski definition) is 4. The molecular formula is C10H15N3O4. The van der Waals surface area contributed by atoms with E-state index in [1.807, 2.05) is 13.1 Å². The van der Waals surface area contributed by atoms with E-state index in [9.17, 15) is 9.59 Å². The molecule has 7 nitrogen and oxygen atoms in total. The van der Waals surface area contributed by atoms with Crippen LogP contribution in [0.5, 0.6) is 0 Å². The van der Waals surface area contributed by atoms with Crippen LogP contribution in [0.4, 0.5) is 0 Å². The number of rotatable bonds is 7. The van der Waals surface area contributed by atoms with Gasteiger partial charge in [-0.3, -0.25) is 9.48 Å². The number of carboxylic acids is 1. The van der Waals surface area contributed by atoms with Crippen molar-refractivity contribution in [1.29, 1.82) is 0 Å². The van der Waals surface area contributed by atoms with Crippen LogP contribution < -0.4 is 5.32 Å². The van der Waals surface area contributed by atoms with E-state index in [0.29, 0.717) is 13.0 Å². The first-order valence-corrected chi connectivity index (χ1v) is 5.12. The second kappa shape index (κ2) is 6.64. The molecule has 1 amide bonds. The summed E-state index contributed by atoms with van der Waals surface area (Å²) >= 11 is 0. The first-order chi connectivity index (χ1) is 8.09. The Bertz CT molecular complexity index is 389. The van der Waals surface area contributed by atoms with E-state index >= 15 is 0 Å². The Morgan fingerprint density at radius 1 is 1.53 bits per heavy atom. The minimum absolute atomic E-state index is 0.238. The van der Waals surface area contributed by atoms with Gasteiger partial charge in [-0.1, -0.05) is 0 Å². The molecule has 1 aromatic heterocycles. The minimum atomic E-state index is -1.09. The third-order valence-electron chi connectivity index (χ3n) is 2.08. The normalized spacial score (nSPS) is 10.2. The number of hydrogen-bond donors (Lipinski definition) is 2. The lowest BCUT2D eigenvalue weighted by atomic mass is 10.3. The van der Waals surface area contributed by atoms with Crippen molar-refractivity contribution in [2.75, 3.05) is 19.8 Å². The largest absolute Gasteiger partial charge is 0.480 e. The molecular weight excluding hydrogens is 226 g/mol. The lowest BCUT2D eigenvalue weighted by Gasteiger charge is -2.05. The van der Waals surface area contributed by atoms with Crippen LogP contribution >= 0.6 is 0 Å². The van der Waals surface area contributed by atoms with Gasteiger partial charge in [-0.2, -0.15) is 5.10 Å². The van der Waals surface area contributed by atoms with Crippen molar-refractivity contribution < 1.29 is 19.4 Å². The van der Waals surface area contributed by atoms with Crippen LogP contribution in [0.2, 0.25) is 0 Å². The summed E-state index contributed by atoms with van der Waals surface area (Å²) in [5.74, 6) is -1.42. The fourth-order valence-corrected chi connectivity index (χ4v) is 1.26. The van der Waals surface area contributed by atoms with Crippen LogP contribution in [0, 0.1) is 0 Å². The van der Waals surface area contributed by atoms with Gasteiger partial charge in [0.05, 0.1) is 0 Å². The number of amides is 1. The Morgan fingerprint density at radius 3 is 2.88 bits per heavy atom. The summed E-state index contributed by atoms with van der Waals surface area (Å²) in [5, 5.41) is 14.9. The van der Waals surface area contributed by atoms with Gasteiger partial charge in [0, 0.05) is 31.9 Å². The smallest absolute Gasteiger partial charge is 0.329 e. The molecule has 0 saturated heterocycles. The summed E-state index contributed by atoms with van der Waals surface area (Å²) in [6.07, 6.45) is 2.36. The molecule has 0 saturated carbocycles. The molecule has 0 unspecified atom stereocenters. The highest BCUT2D eigenvalue weighted by Crippen LogP contribution is 1.95. The molecule has 0 aliphatic carbocycles. The van der Waals surface area contributed by atoms with Gasteiger partial charge in [-0.25, -0.2) is 4.79 Å². The number of aryl methyl sites for hydroxylation is 1. The highest BCUT2D eigenvalue weighted by molar-refractivity contribution is 5.77. The molecule has 94 valence electrons. The lowest BCUT2D eigenvalue weighted by Crippen LogP contribution is -2.30.